The third kappa shape index (κ3) is 5.19. The summed E-state index contributed by atoms with van der Waals surface area (Å²) < 4.78 is 18.3. The van der Waals surface area contributed by atoms with Crippen LogP contribution in [-0.2, 0) is 4.79 Å². The van der Waals surface area contributed by atoms with E-state index < -0.39 is 0 Å². The summed E-state index contributed by atoms with van der Waals surface area (Å²) in [5.74, 6) is 0.402. The average molecular weight is 332 g/mol. The largest absolute Gasteiger partial charge is 0.492 e. The van der Waals surface area contributed by atoms with Gasteiger partial charge in [0, 0.05) is 13.1 Å². The fourth-order valence-corrected chi connectivity index (χ4v) is 1.81. The highest BCUT2D eigenvalue weighted by Crippen LogP contribution is 2.15. The molecule has 0 aliphatic carbocycles. The molecule has 3 nitrogen and oxygen atoms in total. The molecule has 1 amide bonds. The van der Waals surface area contributed by atoms with Crippen molar-refractivity contribution in [3.05, 3.63) is 30.1 Å². The second-order valence-electron chi connectivity index (χ2n) is 4.71. The molecule has 19 heavy (non-hydrogen) atoms. The quantitative estimate of drug-likeness (QED) is 0.750. The molecule has 106 valence electrons. The third-order valence-corrected chi connectivity index (χ3v) is 4.14. The molecule has 1 aromatic rings. The van der Waals surface area contributed by atoms with Gasteiger partial charge in [-0.3, -0.25) is 4.79 Å². The maximum atomic E-state index is 12.9. The van der Waals surface area contributed by atoms with E-state index in [1.807, 2.05) is 13.8 Å². The molecule has 1 aromatic carbocycles. The van der Waals surface area contributed by atoms with Crippen molar-refractivity contribution in [2.24, 2.45) is 5.92 Å². The molecule has 0 heterocycles. The lowest BCUT2D eigenvalue weighted by Gasteiger charge is -2.22. The summed E-state index contributed by atoms with van der Waals surface area (Å²) in [6.45, 7) is 4.76. The Labute approximate surface area is 121 Å². The molecule has 5 heteroatoms. The van der Waals surface area contributed by atoms with Crippen LogP contribution in [0.4, 0.5) is 4.39 Å². The van der Waals surface area contributed by atoms with E-state index in [0.717, 1.165) is 0 Å². The maximum absolute atomic E-state index is 12.9. The zero-order valence-corrected chi connectivity index (χ0v) is 13.0. The highest BCUT2D eigenvalue weighted by Gasteiger charge is 2.21. The van der Waals surface area contributed by atoms with Gasteiger partial charge in [-0.1, -0.05) is 35.8 Å². The lowest BCUT2D eigenvalue weighted by atomic mass is 10.1. The summed E-state index contributed by atoms with van der Waals surface area (Å²) in [4.78, 5) is 13.4. The van der Waals surface area contributed by atoms with Crippen LogP contribution in [0.2, 0.25) is 0 Å². The Morgan fingerprint density at radius 2 is 2.16 bits per heavy atom. The minimum Gasteiger partial charge on any atom is -0.492 e. The third-order valence-electron chi connectivity index (χ3n) is 2.69. The molecule has 0 N–H and O–H groups in total. The van der Waals surface area contributed by atoms with Crippen molar-refractivity contribution in [2.75, 3.05) is 20.2 Å². The van der Waals surface area contributed by atoms with Gasteiger partial charge in [0.2, 0.25) is 5.91 Å². The molecular weight excluding hydrogens is 313 g/mol. The molecule has 0 aliphatic heterocycles. The molecule has 1 rings (SSSR count). The zero-order valence-electron chi connectivity index (χ0n) is 11.4. The zero-order chi connectivity index (χ0) is 14.4. The van der Waals surface area contributed by atoms with Gasteiger partial charge >= 0.3 is 0 Å². The average Bonchev–Trinajstić information content (AvgIpc) is 2.36. The first kappa shape index (κ1) is 16.0. The van der Waals surface area contributed by atoms with Crippen LogP contribution in [-0.4, -0.2) is 35.8 Å². The summed E-state index contributed by atoms with van der Waals surface area (Å²) in [6, 6.07) is 5.96. The number of alkyl halides is 1. The summed E-state index contributed by atoms with van der Waals surface area (Å²) in [7, 11) is 1.73. The second-order valence-corrected chi connectivity index (χ2v) is 5.70. The molecule has 0 fully saturated rings. The van der Waals surface area contributed by atoms with Gasteiger partial charge in [0.15, 0.2) is 0 Å². The molecule has 0 radical (unpaired) electrons. The van der Waals surface area contributed by atoms with Crippen molar-refractivity contribution in [1.82, 2.24) is 4.90 Å². The Balaban J connectivity index is 2.38. The lowest BCUT2D eigenvalue weighted by Crippen LogP contribution is -2.38. The first-order chi connectivity index (χ1) is 8.91. The monoisotopic (exact) mass is 331 g/mol. The number of halogens is 2. The van der Waals surface area contributed by atoms with Crippen LogP contribution in [0.5, 0.6) is 5.75 Å². The molecular formula is C14H19BrFNO2. The fraction of sp³-hybridized carbons (Fsp3) is 0.500. The Hall–Kier alpha value is -1.10. The molecule has 0 spiro atoms. The maximum Gasteiger partial charge on any atom is 0.236 e. The van der Waals surface area contributed by atoms with Crippen molar-refractivity contribution >= 4 is 21.8 Å². The number of nitrogens with zero attached hydrogens (tertiary/aromatic N) is 1. The van der Waals surface area contributed by atoms with E-state index >= 15 is 0 Å². The van der Waals surface area contributed by atoms with Crippen LogP contribution in [0.1, 0.15) is 13.8 Å². The molecule has 0 aliphatic rings. The molecule has 0 aromatic heterocycles. The van der Waals surface area contributed by atoms with Gasteiger partial charge in [-0.15, -0.1) is 0 Å². The number of carbonyl (C=O) groups excluding carboxylic acids is 1. The van der Waals surface area contributed by atoms with Crippen LogP contribution in [0.15, 0.2) is 24.3 Å². The van der Waals surface area contributed by atoms with E-state index in [4.69, 9.17) is 4.74 Å². The highest BCUT2D eigenvalue weighted by molar-refractivity contribution is 9.10. The number of hydrogen-bond donors (Lipinski definition) is 0. The van der Waals surface area contributed by atoms with Gasteiger partial charge < -0.3 is 9.64 Å². The van der Waals surface area contributed by atoms with E-state index in [0.29, 0.717) is 18.9 Å². The van der Waals surface area contributed by atoms with Gasteiger partial charge in [0.05, 0.1) is 11.4 Å². The normalized spacial score (nSPS) is 12.3. The van der Waals surface area contributed by atoms with Gasteiger partial charge in [0.1, 0.15) is 18.2 Å². The predicted octanol–water partition coefficient (Wildman–Crippen LogP) is 3.08. The van der Waals surface area contributed by atoms with Gasteiger partial charge in [-0.05, 0) is 18.1 Å². The first-order valence-corrected chi connectivity index (χ1v) is 7.10. The number of likely N-dealkylation sites (N-methyl/N-ethyl adjacent to an activating group) is 1. The topological polar surface area (TPSA) is 29.5 Å². The van der Waals surface area contributed by atoms with Crippen molar-refractivity contribution in [1.29, 1.82) is 0 Å². The minimum atomic E-state index is -0.331. The Bertz CT molecular complexity index is 426. The van der Waals surface area contributed by atoms with Crippen LogP contribution in [0, 0.1) is 11.7 Å². The predicted molar refractivity (Wildman–Crippen MR) is 77.1 cm³/mol. The van der Waals surface area contributed by atoms with Crippen LogP contribution >= 0.6 is 15.9 Å². The van der Waals surface area contributed by atoms with E-state index in [1.165, 1.54) is 12.1 Å². The standard InChI is InChI=1S/C14H19BrFNO2/c1-10(2)13(15)14(18)17(3)7-8-19-12-6-4-5-11(16)9-12/h4-6,9-10,13H,7-8H2,1-3H3. The van der Waals surface area contributed by atoms with E-state index in [1.54, 1.807) is 24.1 Å². The van der Waals surface area contributed by atoms with Gasteiger partial charge in [-0.25, -0.2) is 4.39 Å². The van der Waals surface area contributed by atoms with E-state index in [2.05, 4.69) is 15.9 Å². The summed E-state index contributed by atoms with van der Waals surface area (Å²) in [5.41, 5.74) is 0. The van der Waals surface area contributed by atoms with E-state index in [-0.39, 0.29) is 22.5 Å². The number of ether oxygens (including phenoxy) is 1. The summed E-state index contributed by atoms with van der Waals surface area (Å²) >= 11 is 3.37. The first-order valence-electron chi connectivity index (χ1n) is 6.19. The molecule has 0 bridgehead atoms. The number of rotatable bonds is 6. The minimum absolute atomic E-state index is 0.0258. The SMILES string of the molecule is CC(C)C(Br)C(=O)N(C)CCOc1cccc(F)c1. The van der Waals surface area contributed by atoms with Crippen LogP contribution in [0.3, 0.4) is 0 Å². The fourth-order valence-electron chi connectivity index (χ4n) is 1.46. The molecule has 0 saturated heterocycles. The number of carbonyl (C=O) groups is 1. The number of hydrogen-bond acceptors (Lipinski definition) is 2. The molecule has 1 unspecified atom stereocenters. The Morgan fingerprint density at radius 3 is 2.74 bits per heavy atom. The van der Waals surface area contributed by atoms with E-state index in [9.17, 15) is 9.18 Å². The van der Waals surface area contributed by atoms with Gasteiger partial charge in [-0.2, -0.15) is 0 Å². The van der Waals surface area contributed by atoms with Crippen molar-refractivity contribution in [3.8, 4) is 5.75 Å². The van der Waals surface area contributed by atoms with Crippen LogP contribution < -0.4 is 4.74 Å². The number of amides is 1. The smallest absolute Gasteiger partial charge is 0.236 e. The molecule has 0 saturated carbocycles. The molecule has 1 atom stereocenters. The van der Waals surface area contributed by atoms with Crippen molar-refractivity contribution < 1.29 is 13.9 Å². The van der Waals surface area contributed by atoms with Crippen molar-refractivity contribution in [2.45, 2.75) is 18.7 Å². The van der Waals surface area contributed by atoms with Crippen LogP contribution in [0.25, 0.3) is 0 Å². The second kappa shape index (κ2) is 7.48. The Morgan fingerprint density at radius 1 is 1.47 bits per heavy atom. The van der Waals surface area contributed by atoms with Crippen molar-refractivity contribution in [3.63, 3.8) is 0 Å². The Kier molecular flexibility index (Phi) is 6.28. The highest BCUT2D eigenvalue weighted by atomic mass is 79.9. The lowest BCUT2D eigenvalue weighted by molar-refractivity contribution is -0.130. The summed E-state index contributed by atoms with van der Waals surface area (Å²) in [6.07, 6.45) is 0. The summed E-state index contributed by atoms with van der Waals surface area (Å²) in [5, 5.41) is 0. The number of benzene rings is 1. The van der Waals surface area contributed by atoms with Gasteiger partial charge in [0.25, 0.3) is 0 Å².